The molecular weight excluding hydrogens is 325 g/mol. The zero-order chi connectivity index (χ0) is 18.1. The number of hydrogen-bond acceptors (Lipinski definition) is 2. The topological polar surface area (TPSA) is 29.9 Å². The first-order chi connectivity index (χ1) is 12.6. The molecule has 3 nitrogen and oxygen atoms in total. The Labute approximate surface area is 153 Å². The summed E-state index contributed by atoms with van der Waals surface area (Å²) in [5, 5.41) is 8.52. The summed E-state index contributed by atoms with van der Waals surface area (Å²) in [6.07, 6.45) is 3.20. The van der Waals surface area contributed by atoms with E-state index in [-0.39, 0.29) is 5.82 Å². The van der Waals surface area contributed by atoms with Gasteiger partial charge < -0.3 is 5.32 Å². The number of benzene rings is 2. The molecule has 3 aromatic rings. The fourth-order valence-electron chi connectivity index (χ4n) is 3.71. The first kappa shape index (κ1) is 16.8. The zero-order valence-corrected chi connectivity index (χ0v) is 15.3. The van der Waals surface area contributed by atoms with E-state index in [1.54, 1.807) is 12.1 Å². The molecule has 0 unspecified atom stereocenters. The molecule has 2 heterocycles. The molecule has 26 heavy (non-hydrogen) atoms. The quantitative estimate of drug-likeness (QED) is 0.672. The Balaban J connectivity index is 1.94. The Kier molecular flexibility index (Phi) is 4.49. The van der Waals surface area contributed by atoms with E-state index in [0.29, 0.717) is 5.92 Å². The number of para-hydroxylation sites is 1. The summed E-state index contributed by atoms with van der Waals surface area (Å²) in [5.74, 6) is 1.22. The lowest BCUT2D eigenvalue weighted by atomic mass is 10.0. The van der Waals surface area contributed by atoms with Crippen molar-refractivity contribution in [1.29, 1.82) is 0 Å². The van der Waals surface area contributed by atoms with Gasteiger partial charge in [0, 0.05) is 17.7 Å². The van der Waals surface area contributed by atoms with Gasteiger partial charge in [0.25, 0.3) is 0 Å². The van der Waals surface area contributed by atoms with Gasteiger partial charge in [0.15, 0.2) is 0 Å². The molecule has 1 aliphatic rings. The van der Waals surface area contributed by atoms with Crippen molar-refractivity contribution >= 4 is 5.82 Å². The lowest BCUT2D eigenvalue weighted by Crippen LogP contribution is -2.09. The van der Waals surface area contributed by atoms with Crippen LogP contribution in [0, 0.1) is 5.82 Å². The number of nitrogens with zero attached hydrogens (tertiary/aromatic N) is 2. The maximum Gasteiger partial charge on any atom is 0.133 e. The summed E-state index contributed by atoms with van der Waals surface area (Å²) in [6, 6.07) is 15.1. The van der Waals surface area contributed by atoms with Crippen LogP contribution in [0.2, 0.25) is 0 Å². The SMILES string of the molecule is CC(C)c1ccccc1-n1nc(-c2cccc(F)c2)c2c1NCCCC2. The van der Waals surface area contributed by atoms with Gasteiger partial charge in [-0.05, 0) is 48.9 Å². The van der Waals surface area contributed by atoms with E-state index in [2.05, 4.69) is 37.4 Å². The highest BCUT2D eigenvalue weighted by Crippen LogP contribution is 2.35. The summed E-state index contributed by atoms with van der Waals surface area (Å²) < 4.78 is 15.8. The normalized spacial score (nSPS) is 14.0. The smallest absolute Gasteiger partial charge is 0.133 e. The lowest BCUT2D eigenvalue weighted by Gasteiger charge is -2.15. The molecule has 134 valence electrons. The molecule has 0 bridgehead atoms. The average Bonchev–Trinajstić information content (AvgIpc) is 2.82. The third-order valence-electron chi connectivity index (χ3n) is 5.01. The van der Waals surface area contributed by atoms with E-state index in [4.69, 9.17) is 5.10 Å². The molecule has 1 aliphatic heterocycles. The second kappa shape index (κ2) is 6.94. The third-order valence-corrected chi connectivity index (χ3v) is 5.01. The van der Waals surface area contributed by atoms with Crippen LogP contribution in [0.4, 0.5) is 10.2 Å². The largest absolute Gasteiger partial charge is 0.370 e. The molecule has 4 heteroatoms. The van der Waals surface area contributed by atoms with Crippen molar-refractivity contribution in [3.05, 3.63) is 65.5 Å². The zero-order valence-electron chi connectivity index (χ0n) is 15.3. The third kappa shape index (κ3) is 3.00. The van der Waals surface area contributed by atoms with Crippen LogP contribution in [-0.2, 0) is 6.42 Å². The van der Waals surface area contributed by atoms with Crippen LogP contribution in [-0.4, -0.2) is 16.3 Å². The van der Waals surface area contributed by atoms with Gasteiger partial charge in [-0.1, -0.05) is 44.2 Å². The van der Waals surface area contributed by atoms with E-state index in [1.165, 1.54) is 17.2 Å². The predicted molar refractivity (Wildman–Crippen MR) is 104 cm³/mol. The van der Waals surface area contributed by atoms with Crippen LogP contribution in [0.15, 0.2) is 48.5 Å². The van der Waals surface area contributed by atoms with Gasteiger partial charge in [-0.25, -0.2) is 9.07 Å². The van der Waals surface area contributed by atoms with E-state index in [9.17, 15) is 4.39 Å². The molecule has 0 amide bonds. The first-order valence-electron chi connectivity index (χ1n) is 9.36. The molecule has 1 aromatic heterocycles. The molecule has 0 aliphatic carbocycles. The van der Waals surface area contributed by atoms with Crippen LogP contribution in [0.25, 0.3) is 16.9 Å². The van der Waals surface area contributed by atoms with Crippen LogP contribution in [0.1, 0.15) is 43.7 Å². The van der Waals surface area contributed by atoms with Crippen LogP contribution in [0.3, 0.4) is 0 Å². The number of fused-ring (bicyclic) bond motifs is 1. The standard InChI is InChI=1S/C22H24FN3/c1-15(2)18-10-3-4-12-20(18)26-22-19(11-5-6-13-24-22)21(25-26)16-8-7-9-17(23)14-16/h3-4,7-10,12,14-15,24H,5-6,11,13H2,1-2H3. The fourth-order valence-corrected chi connectivity index (χ4v) is 3.71. The summed E-state index contributed by atoms with van der Waals surface area (Å²) in [6.45, 7) is 5.33. The molecule has 0 fully saturated rings. The second-order valence-electron chi connectivity index (χ2n) is 7.20. The Bertz CT molecular complexity index is 927. The number of hydrogen-bond donors (Lipinski definition) is 1. The molecular formula is C22H24FN3. The maximum absolute atomic E-state index is 13.8. The monoisotopic (exact) mass is 349 g/mol. The van der Waals surface area contributed by atoms with Gasteiger partial charge in [-0.15, -0.1) is 0 Å². The summed E-state index contributed by atoms with van der Waals surface area (Å²) in [5.41, 5.74) is 5.26. The molecule has 0 radical (unpaired) electrons. The van der Waals surface area contributed by atoms with Crippen LogP contribution < -0.4 is 5.32 Å². The van der Waals surface area contributed by atoms with Crippen LogP contribution >= 0.6 is 0 Å². The lowest BCUT2D eigenvalue weighted by molar-refractivity contribution is 0.628. The van der Waals surface area contributed by atoms with E-state index in [1.807, 2.05) is 16.8 Å². The van der Waals surface area contributed by atoms with Gasteiger partial charge in [-0.3, -0.25) is 0 Å². The average molecular weight is 349 g/mol. The van der Waals surface area contributed by atoms with Gasteiger partial charge >= 0.3 is 0 Å². The number of halogens is 1. The number of nitrogens with one attached hydrogen (secondary N) is 1. The highest BCUT2D eigenvalue weighted by atomic mass is 19.1. The van der Waals surface area contributed by atoms with Crippen molar-refractivity contribution in [2.75, 3.05) is 11.9 Å². The minimum absolute atomic E-state index is 0.227. The summed E-state index contributed by atoms with van der Waals surface area (Å²) in [7, 11) is 0. The highest BCUT2D eigenvalue weighted by Gasteiger charge is 2.23. The van der Waals surface area contributed by atoms with Crippen LogP contribution in [0.5, 0.6) is 0 Å². The van der Waals surface area contributed by atoms with Crippen molar-refractivity contribution in [1.82, 2.24) is 9.78 Å². The second-order valence-corrected chi connectivity index (χ2v) is 7.20. The predicted octanol–water partition coefficient (Wildman–Crippen LogP) is 5.55. The molecule has 0 spiro atoms. The Morgan fingerprint density at radius 2 is 1.92 bits per heavy atom. The van der Waals surface area contributed by atoms with Gasteiger partial charge in [0.2, 0.25) is 0 Å². The van der Waals surface area contributed by atoms with Gasteiger partial charge in [0.1, 0.15) is 11.6 Å². The van der Waals surface area contributed by atoms with E-state index in [0.717, 1.165) is 48.6 Å². The number of aromatic nitrogens is 2. The Hall–Kier alpha value is -2.62. The van der Waals surface area contributed by atoms with E-state index < -0.39 is 0 Å². The van der Waals surface area contributed by atoms with Crippen molar-refractivity contribution in [2.24, 2.45) is 0 Å². The van der Waals surface area contributed by atoms with Crippen molar-refractivity contribution in [3.63, 3.8) is 0 Å². The van der Waals surface area contributed by atoms with Crippen molar-refractivity contribution in [2.45, 2.75) is 39.0 Å². The van der Waals surface area contributed by atoms with Crippen molar-refractivity contribution in [3.8, 4) is 16.9 Å². The fraction of sp³-hybridized carbons (Fsp3) is 0.318. The molecule has 1 N–H and O–H groups in total. The molecule has 0 saturated heterocycles. The Morgan fingerprint density at radius 1 is 1.08 bits per heavy atom. The minimum Gasteiger partial charge on any atom is -0.370 e. The maximum atomic E-state index is 13.8. The molecule has 0 atom stereocenters. The molecule has 2 aromatic carbocycles. The number of anilines is 1. The first-order valence-corrected chi connectivity index (χ1v) is 9.36. The number of rotatable bonds is 3. The van der Waals surface area contributed by atoms with Gasteiger partial charge in [0.05, 0.1) is 11.4 Å². The Morgan fingerprint density at radius 3 is 2.73 bits per heavy atom. The summed E-state index contributed by atoms with van der Waals surface area (Å²) >= 11 is 0. The summed E-state index contributed by atoms with van der Waals surface area (Å²) in [4.78, 5) is 0. The minimum atomic E-state index is -0.227. The van der Waals surface area contributed by atoms with Crippen molar-refractivity contribution < 1.29 is 4.39 Å². The van der Waals surface area contributed by atoms with Gasteiger partial charge in [-0.2, -0.15) is 5.10 Å². The highest BCUT2D eigenvalue weighted by molar-refractivity contribution is 5.71. The molecule has 4 rings (SSSR count). The molecule has 0 saturated carbocycles. The van der Waals surface area contributed by atoms with E-state index >= 15 is 0 Å².